The van der Waals surface area contributed by atoms with Gasteiger partial charge in [0.1, 0.15) is 0 Å². The van der Waals surface area contributed by atoms with Crippen LogP contribution in [0.15, 0.2) is 0 Å². The highest BCUT2D eigenvalue weighted by atomic mass is 32.2. The Morgan fingerprint density at radius 1 is 1.40 bits per heavy atom. The van der Waals surface area contributed by atoms with Crippen LogP contribution in [0.3, 0.4) is 0 Å². The largest absolute Gasteiger partial charge is 0.310 e. The third kappa shape index (κ3) is 6.53. The molecule has 0 aromatic carbocycles. The molecule has 0 aliphatic carbocycles. The normalized spacial score (nSPS) is 15.6. The summed E-state index contributed by atoms with van der Waals surface area (Å²) in [7, 11) is -2.90. The molecule has 0 aliphatic heterocycles. The molecule has 0 heterocycles. The van der Waals surface area contributed by atoms with Gasteiger partial charge in [-0.3, -0.25) is 0 Å². The van der Waals surface area contributed by atoms with Gasteiger partial charge in [-0.1, -0.05) is 13.8 Å². The van der Waals surface area contributed by atoms with Crippen LogP contribution in [0.25, 0.3) is 0 Å². The maximum absolute atomic E-state index is 11.4. The zero-order valence-electron chi connectivity index (χ0n) is 9.79. The van der Waals surface area contributed by atoms with E-state index in [2.05, 4.69) is 11.2 Å². The van der Waals surface area contributed by atoms with Crippen LogP contribution < -0.4 is 5.32 Å². The summed E-state index contributed by atoms with van der Waals surface area (Å²) in [5.74, 6) is 2.97. The fourth-order valence-electron chi connectivity index (χ4n) is 1.41. The van der Waals surface area contributed by atoms with E-state index in [9.17, 15) is 8.42 Å². The zero-order chi connectivity index (χ0) is 11.9. The Labute approximate surface area is 93.6 Å². The second kappa shape index (κ2) is 6.86. The van der Waals surface area contributed by atoms with E-state index in [1.807, 2.05) is 13.8 Å². The molecule has 0 spiro atoms. The number of sulfone groups is 1. The average Bonchev–Trinajstić information content (AvgIpc) is 2.16. The molecule has 0 fully saturated rings. The molecule has 4 heteroatoms. The molecule has 0 bridgehead atoms. The summed E-state index contributed by atoms with van der Waals surface area (Å²) < 4.78 is 22.7. The SMILES string of the molecule is C#CCC(CC)NC(C)CS(=O)(=O)CC. The Bertz CT molecular complexity index is 303. The first-order valence-electron chi connectivity index (χ1n) is 5.35. The Hall–Kier alpha value is -0.530. The van der Waals surface area contributed by atoms with Gasteiger partial charge in [-0.15, -0.1) is 12.3 Å². The highest BCUT2D eigenvalue weighted by Gasteiger charge is 2.15. The quantitative estimate of drug-likeness (QED) is 0.670. The monoisotopic (exact) mass is 231 g/mol. The van der Waals surface area contributed by atoms with Crippen molar-refractivity contribution in [1.82, 2.24) is 5.32 Å². The summed E-state index contributed by atoms with van der Waals surface area (Å²) in [5, 5.41) is 3.24. The molecule has 1 N–H and O–H groups in total. The van der Waals surface area contributed by atoms with Gasteiger partial charge >= 0.3 is 0 Å². The Kier molecular flexibility index (Phi) is 6.62. The molecular formula is C11H21NO2S. The van der Waals surface area contributed by atoms with Crippen molar-refractivity contribution < 1.29 is 8.42 Å². The van der Waals surface area contributed by atoms with Gasteiger partial charge in [0.2, 0.25) is 0 Å². The zero-order valence-corrected chi connectivity index (χ0v) is 10.6. The summed E-state index contributed by atoms with van der Waals surface area (Å²) in [5.41, 5.74) is 0. The molecule has 2 atom stereocenters. The summed E-state index contributed by atoms with van der Waals surface area (Å²) in [6.07, 6.45) is 6.79. The van der Waals surface area contributed by atoms with Crippen LogP contribution >= 0.6 is 0 Å². The van der Waals surface area contributed by atoms with Crippen molar-refractivity contribution in [1.29, 1.82) is 0 Å². The minimum Gasteiger partial charge on any atom is -0.310 e. The van der Waals surface area contributed by atoms with E-state index in [1.165, 1.54) is 0 Å². The van der Waals surface area contributed by atoms with Crippen molar-refractivity contribution in [3.8, 4) is 12.3 Å². The first kappa shape index (κ1) is 14.5. The second-order valence-corrected chi connectivity index (χ2v) is 6.18. The van der Waals surface area contributed by atoms with E-state index in [-0.39, 0.29) is 23.6 Å². The van der Waals surface area contributed by atoms with E-state index in [4.69, 9.17) is 6.42 Å². The van der Waals surface area contributed by atoms with Gasteiger partial charge in [0, 0.05) is 24.3 Å². The molecule has 15 heavy (non-hydrogen) atoms. The molecule has 0 radical (unpaired) electrons. The van der Waals surface area contributed by atoms with Gasteiger partial charge in [0.05, 0.1) is 5.75 Å². The van der Waals surface area contributed by atoms with Gasteiger partial charge < -0.3 is 5.32 Å². The summed E-state index contributed by atoms with van der Waals surface area (Å²) in [4.78, 5) is 0. The van der Waals surface area contributed by atoms with E-state index < -0.39 is 9.84 Å². The van der Waals surface area contributed by atoms with Crippen LogP contribution in [-0.4, -0.2) is 32.0 Å². The lowest BCUT2D eigenvalue weighted by molar-refractivity contribution is 0.456. The van der Waals surface area contributed by atoms with Crippen molar-refractivity contribution in [2.24, 2.45) is 0 Å². The number of hydrogen-bond donors (Lipinski definition) is 1. The molecule has 2 unspecified atom stereocenters. The Morgan fingerprint density at radius 3 is 2.40 bits per heavy atom. The molecular weight excluding hydrogens is 210 g/mol. The lowest BCUT2D eigenvalue weighted by Crippen LogP contribution is -2.40. The molecule has 3 nitrogen and oxygen atoms in total. The first-order chi connectivity index (χ1) is 6.95. The fourth-order valence-corrected chi connectivity index (χ4v) is 2.51. The van der Waals surface area contributed by atoms with E-state index in [1.54, 1.807) is 6.92 Å². The van der Waals surface area contributed by atoms with Crippen LogP contribution in [0.1, 0.15) is 33.6 Å². The van der Waals surface area contributed by atoms with Crippen LogP contribution in [0.4, 0.5) is 0 Å². The highest BCUT2D eigenvalue weighted by molar-refractivity contribution is 7.91. The summed E-state index contributed by atoms with van der Waals surface area (Å²) in [6.45, 7) is 5.59. The number of rotatable bonds is 7. The third-order valence-electron chi connectivity index (χ3n) is 2.32. The van der Waals surface area contributed by atoms with E-state index in [0.717, 1.165) is 6.42 Å². The van der Waals surface area contributed by atoms with E-state index >= 15 is 0 Å². The van der Waals surface area contributed by atoms with Gasteiger partial charge in [-0.2, -0.15) is 0 Å². The molecule has 0 aromatic rings. The molecule has 0 aliphatic rings. The predicted octanol–water partition coefficient (Wildman–Crippen LogP) is 1.20. The number of hydrogen-bond acceptors (Lipinski definition) is 3. The Balaban J connectivity index is 4.13. The fraction of sp³-hybridized carbons (Fsp3) is 0.818. The molecule has 0 saturated heterocycles. The van der Waals surface area contributed by atoms with Gasteiger partial charge in [-0.25, -0.2) is 8.42 Å². The van der Waals surface area contributed by atoms with Crippen molar-refractivity contribution >= 4 is 9.84 Å². The topological polar surface area (TPSA) is 46.2 Å². The first-order valence-corrected chi connectivity index (χ1v) is 7.17. The third-order valence-corrected chi connectivity index (χ3v) is 4.21. The maximum Gasteiger partial charge on any atom is 0.151 e. The van der Waals surface area contributed by atoms with E-state index in [0.29, 0.717) is 6.42 Å². The average molecular weight is 231 g/mol. The molecule has 0 amide bonds. The smallest absolute Gasteiger partial charge is 0.151 e. The summed E-state index contributed by atoms with van der Waals surface area (Å²) >= 11 is 0. The van der Waals surface area contributed by atoms with Crippen LogP contribution in [0.2, 0.25) is 0 Å². The lowest BCUT2D eigenvalue weighted by atomic mass is 10.1. The maximum atomic E-state index is 11.4. The standard InChI is InChI=1S/C11H21NO2S/c1-5-8-11(6-2)12-10(4)9-15(13,14)7-3/h1,10-12H,6-9H2,2-4H3. The van der Waals surface area contributed by atoms with Crippen molar-refractivity contribution in [2.45, 2.75) is 45.7 Å². The molecule has 88 valence electrons. The van der Waals surface area contributed by atoms with Crippen LogP contribution in [0.5, 0.6) is 0 Å². The minimum absolute atomic E-state index is 0.0340. The molecule has 0 rings (SSSR count). The van der Waals surface area contributed by atoms with Crippen molar-refractivity contribution in [2.75, 3.05) is 11.5 Å². The van der Waals surface area contributed by atoms with Crippen molar-refractivity contribution in [3.63, 3.8) is 0 Å². The van der Waals surface area contributed by atoms with Gasteiger partial charge in [0.25, 0.3) is 0 Å². The van der Waals surface area contributed by atoms with Gasteiger partial charge in [-0.05, 0) is 13.3 Å². The predicted molar refractivity (Wildman–Crippen MR) is 64.5 cm³/mol. The minimum atomic E-state index is -2.90. The van der Waals surface area contributed by atoms with Crippen LogP contribution in [-0.2, 0) is 9.84 Å². The Morgan fingerprint density at radius 2 is 2.00 bits per heavy atom. The van der Waals surface area contributed by atoms with Crippen LogP contribution in [0, 0.1) is 12.3 Å². The molecule has 0 aromatic heterocycles. The van der Waals surface area contributed by atoms with Gasteiger partial charge in [0.15, 0.2) is 9.84 Å². The number of nitrogens with one attached hydrogen (secondary N) is 1. The highest BCUT2D eigenvalue weighted by Crippen LogP contribution is 2.01. The molecule has 0 saturated carbocycles. The lowest BCUT2D eigenvalue weighted by Gasteiger charge is -2.20. The summed E-state index contributed by atoms with van der Waals surface area (Å²) in [6, 6.07) is 0.185. The van der Waals surface area contributed by atoms with Crippen molar-refractivity contribution in [3.05, 3.63) is 0 Å². The second-order valence-electron chi connectivity index (χ2n) is 3.78. The number of terminal acetylenes is 1.